The first-order valence-corrected chi connectivity index (χ1v) is 9.16. The Bertz CT molecular complexity index is 820. The van der Waals surface area contributed by atoms with Crippen molar-refractivity contribution in [3.05, 3.63) is 59.4 Å². The standard InChI is InChI=1S/C22H23FN2O/c1-15-12-18(16-8-4-2-5-9-16)13-19(21(15)23)22(26)25-20(14-24)17-10-6-3-7-11-17/h2,4-5,8-9,12-13,17,20H,3,6-7,10-11H2,1H3,(H,25,26)/t20-/m0/s1. The minimum absolute atomic E-state index is 0.0000810. The molecule has 4 heteroatoms. The minimum atomic E-state index is -0.567. The molecule has 0 radical (unpaired) electrons. The zero-order valence-electron chi connectivity index (χ0n) is 15.0. The largest absolute Gasteiger partial charge is 0.336 e. The van der Waals surface area contributed by atoms with Gasteiger partial charge in [0.05, 0.1) is 11.6 Å². The third kappa shape index (κ3) is 3.94. The number of hydrogen-bond acceptors (Lipinski definition) is 2. The molecule has 0 aliphatic heterocycles. The predicted molar refractivity (Wildman–Crippen MR) is 100 cm³/mol. The summed E-state index contributed by atoms with van der Waals surface area (Å²) < 4.78 is 14.6. The maximum absolute atomic E-state index is 14.6. The van der Waals surface area contributed by atoms with E-state index in [9.17, 15) is 14.4 Å². The molecule has 2 aromatic carbocycles. The van der Waals surface area contributed by atoms with Crippen LogP contribution < -0.4 is 5.32 Å². The number of nitrogens with one attached hydrogen (secondary N) is 1. The van der Waals surface area contributed by atoms with Crippen molar-refractivity contribution in [1.29, 1.82) is 5.26 Å². The number of carbonyl (C=O) groups excluding carboxylic acids is 1. The predicted octanol–water partition coefficient (Wildman–Crippen LogP) is 5.00. The summed E-state index contributed by atoms with van der Waals surface area (Å²) in [7, 11) is 0. The molecule has 1 saturated carbocycles. The van der Waals surface area contributed by atoms with Crippen molar-refractivity contribution >= 4 is 5.91 Å². The maximum Gasteiger partial charge on any atom is 0.255 e. The Morgan fingerprint density at radius 2 is 1.85 bits per heavy atom. The number of halogens is 1. The van der Waals surface area contributed by atoms with Crippen LogP contribution in [0.5, 0.6) is 0 Å². The smallest absolute Gasteiger partial charge is 0.255 e. The van der Waals surface area contributed by atoms with E-state index in [1.807, 2.05) is 30.3 Å². The first kappa shape index (κ1) is 18.1. The highest BCUT2D eigenvalue weighted by Gasteiger charge is 2.26. The van der Waals surface area contributed by atoms with Crippen molar-refractivity contribution in [2.75, 3.05) is 0 Å². The van der Waals surface area contributed by atoms with Gasteiger partial charge in [-0.1, -0.05) is 49.6 Å². The number of nitrogens with zero attached hydrogens (tertiary/aromatic N) is 1. The molecule has 26 heavy (non-hydrogen) atoms. The summed E-state index contributed by atoms with van der Waals surface area (Å²) in [5, 5.41) is 12.2. The second-order valence-electron chi connectivity index (χ2n) is 7.00. The van der Waals surface area contributed by atoms with E-state index >= 15 is 0 Å². The van der Waals surface area contributed by atoms with Crippen molar-refractivity contribution in [3.8, 4) is 17.2 Å². The SMILES string of the molecule is Cc1cc(-c2ccccc2)cc(C(=O)N[C@@H](C#N)C2CCCCC2)c1F. The lowest BCUT2D eigenvalue weighted by Gasteiger charge is -2.26. The number of hydrogen-bond donors (Lipinski definition) is 1. The van der Waals surface area contributed by atoms with E-state index in [4.69, 9.17) is 0 Å². The fraction of sp³-hybridized carbons (Fsp3) is 0.364. The van der Waals surface area contributed by atoms with Crippen LogP contribution in [-0.2, 0) is 0 Å². The summed E-state index contributed by atoms with van der Waals surface area (Å²) in [6.07, 6.45) is 5.20. The van der Waals surface area contributed by atoms with E-state index in [2.05, 4.69) is 11.4 Å². The molecule has 1 aliphatic carbocycles. The van der Waals surface area contributed by atoms with Gasteiger partial charge in [0.25, 0.3) is 5.91 Å². The van der Waals surface area contributed by atoms with Gasteiger partial charge in [0.2, 0.25) is 0 Å². The number of carbonyl (C=O) groups is 1. The minimum Gasteiger partial charge on any atom is -0.336 e. The van der Waals surface area contributed by atoms with Gasteiger partial charge in [0, 0.05) is 0 Å². The molecule has 3 rings (SSSR count). The fourth-order valence-corrected chi connectivity index (χ4v) is 3.67. The number of aryl methyl sites for hydroxylation is 1. The van der Waals surface area contributed by atoms with Gasteiger partial charge in [-0.15, -0.1) is 0 Å². The molecule has 0 saturated heterocycles. The molecule has 0 unspecified atom stereocenters. The molecule has 0 spiro atoms. The highest BCUT2D eigenvalue weighted by atomic mass is 19.1. The van der Waals surface area contributed by atoms with Gasteiger partial charge >= 0.3 is 0 Å². The van der Waals surface area contributed by atoms with E-state index in [1.165, 1.54) is 6.42 Å². The molecule has 1 N–H and O–H groups in total. The van der Waals surface area contributed by atoms with Crippen molar-refractivity contribution in [3.63, 3.8) is 0 Å². The van der Waals surface area contributed by atoms with Crippen LogP contribution in [0.25, 0.3) is 11.1 Å². The summed E-state index contributed by atoms with van der Waals surface area (Å²) in [5.74, 6) is -0.887. The van der Waals surface area contributed by atoms with Crippen LogP contribution in [0.3, 0.4) is 0 Å². The van der Waals surface area contributed by atoms with Crippen LogP contribution in [0.4, 0.5) is 4.39 Å². The molecule has 1 amide bonds. The van der Waals surface area contributed by atoms with Crippen LogP contribution in [0.15, 0.2) is 42.5 Å². The summed E-state index contributed by atoms with van der Waals surface area (Å²) in [6, 6.07) is 14.5. The van der Waals surface area contributed by atoms with Gasteiger partial charge in [0.15, 0.2) is 0 Å². The molecule has 0 bridgehead atoms. The molecule has 1 fully saturated rings. The molecule has 1 atom stereocenters. The zero-order valence-corrected chi connectivity index (χ0v) is 15.0. The Morgan fingerprint density at radius 1 is 1.15 bits per heavy atom. The monoisotopic (exact) mass is 350 g/mol. The summed E-state index contributed by atoms with van der Waals surface area (Å²) >= 11 is 0. The summed E-state index contributed by atoms with van der Waals surface area (Å²) in [4.78, 5) is 12.7. The number of nitriles is 1. The molecule has 2 aromatic rings. The second-order valence-corrected chi connectivity index (χ2v) is 7.00. The quantitative estimate of drug-likeness (QED) is 0.843. The molecule has 0 aromatic heterocycles. The number of benzene rings is 2. The van der Waals surface area contributed by atoms with Gasteiger partial charge in [-0.3, -0.25) is 4.79 Å². The van der Waals surface area contributed by atoms with Crippen LogP contribution in [0.2, 0.25) is 0 Å². The second kappa shape index (κ2) is 8.14. The third-order valence-corrected chi connectivity index (χ3v) is 5.15. The highest BCUT2D eigenvalue weighted by molar-refractivity contribution is 5.96. The van der Waals surface area contributed by atoms with Gasteiger partial charge in [-0.05, 0) is 54.5 Å². The lowest BCUT2D eigenvalue weighted by molar-refractivity contribution is 0.0924. The fourth-order valence-electron chi connectivity index (χ4n) is 3.67. The highest BCUT2D eigenvalue weighted by Crippen LogP contribution is 2.28. The molecule has 1 aliphatic rings. The molecule has 134 valence electrons. The lowest BCUT2D eigenvalue weighted by atomic mass is 9.84. The Kier molecular flexibility index (Phi) is 5.68. The van der Waals surface area contributed by atoms with Crippen molar-refractivity contribution in [2.24, 2.45) is 5.92 Å². The van der Waals surface area contributed by atoms with Crippen molar-refractivity contribution in [2.45, 2.75) is 45.1 Å². The van der Waals surface area contributed by atoms with Crippen LogP contribution in [0, 0.1) is 30.0 Å². The topological polar surface area (TPSA) is 52.9 Å². The zero-order chi connectivity index (χ0) is 18.5. The Balaban J connectivity index is 1.86. The molecular formula is C22H23FN2O. The Labute approximate surface area is 153 Å². The van der Waals surface area contributed by atoms with Crippen LogP contribution in [-0.4, -0.2) is 11.9 Å². The van der Waals surface area contributed by atoms with Crippen molar-refractivity contribution < 1.29 is 9.18 Å². The number of rotatable bonds is 4. The molecule has 3 nitrogen and oxygen atoms in total. The van der Waals surface area contributed by atoms with Gasteiger partial charge < -0.3 is 5.32 Å². The third-order valence-electron chi connectivity index (χ3n) is 5.15. The summed E-state index contributed by atoms with van der Waals surface area (Å²) in [5.41, 5.74) is 2.14. The summed E-state index contributed by atoms with van der Waals surface area (Å²) in [6.45, 7) is 1.65. The van der Waals surface area contributed by atoms with Gasteiger partial charge in [-0.2, -0.15) is 5.26 Å². The Morgan fingerprint density at radius 3 is 2.50 bits per heavy atom. The Hall–Kier alpha value is -2.67. The van der Waals surface area contributed by atoms with Gasteiger partial charge in [-0.25, -0.2) is 4.39 Å². The first-order chi connectivity index (χ1) is 12.6. The maximum atomic E-state index is 14.6. The van der Waals surface area contributed by atoms with E-state index < -0.39 is 17.8 Å². The van der Waals surface area contributed by atoms with E-state index in [1.54, 1.807) is 19.1 Å². The van der Waals surface area contributed by atoms with E-state index in [-0.39, 0.29) is 11.5 Å². The number of amides is 1. The van der Waals surface area contributed by atoms with Crippen LogP contribution >= 0.6 is 0 Å². The normalized spacial score (nSPS) is 15.9. The van der Waals surface area contributed by atoms with Crippen molar-refractivity contribution in [1.82, 2.24) is 5.32 Å². The molecular weight excluding hydrogens is 327 g/mol. The average Bonchev–Trinajstić information content (AvgIpc) is 2.69. The average molecular weight is 350 g/mol. The van der Waals surface area contributed by atoms with E-state index in [0.717, 1.165) is 36.8 Å². The van der Waals surface area contributed by atoms with Crippen LogP contribution in [0.1, 0.15) is 48.0 Å². The first-order valence-electron chi connectivity index (χ1n) is 9.16. The molecule has 0 heterocycles. The van der Waals surface area contributed by atoms with E-state index in [0.29, 0.717) is 5.56 Å². The lowest BCUT2D eigenvalue weighted by Crippen LogP contribution is -2.40. The van der Waals surface area contributed by atoms with Gasteiger partial charge in [0.1, 0.15) is 11.9 Å².